The molecule has 0 saturated heterocycles. The van der Waals surface area contributed by atoms with Crippen LogP contribution in [0.25, 0.3) is 0 Å². The molecule has 126 valence electrons. The van der Waals surface area contributed by atoms with Crippen LogP contribution in [0.4, 0.5) is 10.1 Å². The Labute approximate surface area is 148 Å². The monoisotopic (exact) mass is 369 g/mol. The van der Waals surface area contributed by atoms with E-state index in [1.54, 1.807) is 18.2 Å². The number of carbonyl (C=O) groups is 2. The average molecular weight is 370 g/mol. The second-order valence-corrected chi connectivity index (χ2v) is 5.87. The molecule has 0 aliphatic rings. The zero-order valence-corrected chi connectivity index (χ0v) is 14.2. The number of carbonyl (C=O) groups excluding carboxylic acids is 2. The first-order chi connectivity index (χ1) is 11.3. The summed E-state index contributed by atoms with van der Waals surface area (Å²) in [5, 5.41) is 3.26. The van der Waals surface area contributed by atoms with Gasteiger partial charge in [0.25, 0.3) is 5.91 Å². The van der Waals surface area contributed by atoms with Gasteiger partial charge in [-0.25, -0.2) is 4.39 Å². The molecule has 0 spiro atoms. The average Bonchev–Trinajstić information content (AvgIpc) is 2.53. The zero-order valence-electron chi connectivity index (χ0n) is 12.7. The van der Waals surface area contributed by atoms with E-state index in [9.17, 15) is 14.0 Å². The van der Waals surface area contributed by atoms with Crippen molar-refractivity contribution in [3.05, 3.63) is 63.9 Å². The Kier molecular flexibility index (Phi) is 6.17. The fraction of sp³-hybridized carbons (Fsp3) is 0.176. The predicted octanol–water partition coefficient (Wildman–Crippen LogP) is 4.25. The van der Waals surface area contributed by atoms with E-state index in [1.165, 1.54) is 31.2 Å². The second kappa shape index (κ2) is 8.13. The normalized spacial score (nSPS) is 11.7. The lowest BCUT2D eigenvalue weighted by Crippen LogP contribution is -2.30. The molecule has 2 aromatic carbocycles. The number of amides is 1. The van der Waals surface area contributed by atoms with Gasteiger partial charge in [-0.2, -0.15) is 0 Å². The SMILES string of the molecule is CC(OC(=O)Cc1ccc(Cl)c(Cl)c1)C(=O)Nc1ccc(F)cc1. The molecule has 0 heterocycles. The number of ether oxygens (including phenoxy) is 1. The number of esters is 1. The smallest absolute Gasteiger partial charge is 0.311 e. The Morgan fingerprint density at radius 1 is 1.12 bits per heavy atom. The van der Waals surface area contributed by atoms with Crippen molar-refractivity contribution in [2.45, 2.75) is 19.4 Å². The highest BCUT2D eigenvalue weighted by molar-refractivity contribution is 6.42. The number of anilines is 1. The van der Waals surface area contributed by atoms with Gasteiger partial charge in [-0.15, -0.1) is 0 Å². The minimum absolute atomic E-state index is 0.0366. The van der Waals surface area contributed by atoms with Crippen molar-refractivity contribution in [2.24, 2.45) is 0 Å². The molecule has 24 heavy (non-hydrogen) atoms. The predicted molar refractivity (Wildman–Crippen MR) is 90.7 cm³/mol. The van der Waals surface area contributed by atoms with Gasteiger partial charge in [0.05, 0.1) is 16.5 Å². The molecule has 4 nitrogen and oxygen atoms in total. The van der Waals surface area contributed by atoms with Crippen LogP contribution in [-0.2, 0) is 20.7 Å². The van der Waals surface area contributed by atoms with Gasteiger partial charge in [0.2, 0.25) is 0 Å². The van der Waals surface area contributed by atoms with Gasteiger partial charge >= 0.3 is 5.97 Å². The van der Waals surface area contributed by atoms with E-state index in [4.69, 9.17) is 27.9 Å². The fourth-order valence-electron chi connectivity index (χ4n) is 1.89. The number of rotatable bonds is 5. The molecule has 0 bridgehead atoms. The summed E-state index contributed by atoms with van der Waals surface area (Å²) in [5.74, 6) is -1.49. The van der Waals surface area contributed by atoms with Crippen molar-refractivity contribution in [2.75, 3.05) is 5.32 Å². The molecule has 0 fully saturated rings. The maximum Gasteiger partial charge on any atom is 0.311 e. The lowest BCUT2D eigenvalue weighted by molar-refractivity contribution is -0.152. The summed E-state index contributed by atoms with van der Waals surface area (Å²) in [4.78, 5) is 23.9. The van der Waals surface area contributed by atoms with Gasteiger partial charge in [-0.05, 0) is 48.9 Å². The molecular weight excluding hydrogens is 356 g/mol. The molecule has 0 saturated carbocycles. The van der Waals surface area contributed by atoms with Crippen molar-refractivity contribution in [1.82, 2.24) is 0 Å². The summed E-state index contributed by atoms with van der Waals surface area (Å²) in [7, 11) is 0. The minimum atomic E-state index is -0.995. The lowest BCUT2D eigenvalue weighted by atomic mass is 10.1. The molecule has 2 rings (SSSR count). The molecule has 1 N–H and O–H groups in total. The van der Waals surface area contributed by atoms with Gasteiger partial charge in [0.15, 0.2) is 6.10 Å². The van der Waals surface area contributed by atoms with E-state index in [2.05, 4.69) is 5.32 Å². The first-order valence-corrected chi connectivity index (χ1v) is 7.80. The largest absolute Gasteiger partial charge is 0.452 e. The molecule has 0 aliphatic carbocycles. The maximum atomic E-state index is 12.8. The maximum absolute atomic E-state index is 12.8. The Morgan fingerprint density at radius 2 is 1.79 bits per heavy atom. The summed E-state index contributed by atoms with van der Waals surface area (Å²) in [5.41, 5.74) is 1.04. The molecule has 2 aromatic rings. The summed E-state index contributed by atoms with van der Waals surface area (Å²) in [6.45, 7) is 1.45. The third kappa shape index (κ3) is 5.22. The number of hydrogen-bond donors (Lipinski definition) is 1. The van der Waals surface area contributed by atoms with Crippen molar-refractivity contribution >= 4 is 40.8 Å². The summed E-state index contributed by atoms with van der Waals surface area (Å²) < 4.78 is 17.9. The summed E-state index contributed by atoms with van der Waals surface area (Å²) in [6.07, 6.45) is -1.03. The van der Waals surface area contributed by atoms with Crippen molar-refractivity contribution in [3.63, 3.8) is 0 Å². The fourth-order valence-corrected chi connectivity index (χ4v) is 2.21. The Morgan fingerprint density at radius 3 is 2.42 bits per heavy atom. The molecule has 0 aliphatic heterocycles. The minimum Gasteiger partial charge on any atom is -0.452 e. The topological polar surface area (TPSA) is 55.4 Å². The van der Waals surface area contributed by atoms with E-state index >= 15 is 0 Å². The van der Waals surface area contributed by atoms with E-state index in [0.717, 1.165) is 0 Å². The third-order valence-corrected chi connectivity index (χ3v) is 3.86. The van der Waals surface area contributed by atoms with E-state index in [-0.39, 0.29) is 6.42 Å². The van der Waals surface area contributed by atoms with E-state index in [1.807, 2.05) is 0 Å². The van der Waals surface area contributed by atoms with Crippen LogP contribution in [0.5, 0.6) is 0 Å². The van der Waals surface area contributed by atoms with E-state index in [0.29, 0.717) is 21.3 Å². The van der Waals surface area contributed by atoms with E-state index < -0.39 is 23.8 Å². The third-order valence-electron chi connectivity index (χ3n) is 3.12. The van der Waals surface area contributed by atoms with Crippen LogP contribution in [0.2, 0.25) is 10.0 Å². The molecular formula is C17H14Cl2FNO3. The molecule has 7 heteroatoms. The van der Waals surface area contributed by atoms with Crippen LogP contribution in [0.1, 0.15) is 12.5 Å². The molecule has 1 unspecified atom stereocenters. The van der Waals surface area contributed by atoms with Gasteiger partial charge < -0.3 is 10.1 Å². The van der Waals surface area contributed by atoms with Crippen molar-refractivity contribution in [1.29, 1.82) is 0 Å². The molecule has 1 amide bonds. The quantitative estimate of drug-likeness (QED) is 0.801. The summed E-state index contributed by atoms with van der Waals surface area (Å²) in [6, 6.07) is 10.1. The van der Waals surface area contributed by atoms with Gasteiger partial charge in [0.1, 0.15) is 5.82 Å². The Balaban J connectivity index is 1.89. The van der Waals surface area contributed by atoms with Gasteiger partial charge in [-0.1, -0.05) is 29.3 Å². The van der Waals surface area contributed by atoms with Crippen molar-refractivity contribution < 1.29 is 18.7 Å². The first-order valence-electron chi connectivity index (χ1n) is 7.05. The number of benzene rings is 2. The number of nitrogens with one attached hydrogen (secondary N) is 1. The van der Waals surface area contributed by atoms with Crippen molar-refractivity contribution in [3.8, 4) is 0 Å². The van der Waals surface area contributed by atoms with Gasteiger partial charge in [-0.3, -0.25) is 9.59 Å². The first kappa shape index (κ1) is 18.2. The highest BCUT2D eigenvalue weighted by atomic mass is 35.5. The zero-order chi connectivity index (χ0) is 17.7. The highest BCUT2D eigenvalue weighted by Gasteiger charge is 2.18. The van der Waals surface area contributed by atoms with Gasteiger partial charge in [0, 0.05) is 5.69 Å². The Bertz CT molecular complexity index is 750. The molecule has 0 radical (unpaired) electrons. The van der Waals surface area contributed by atoms with Crippen LogP contribution < -0.4 is 5.32 Å². The lowest BCUT2D eigenvalue weighted by Gasteiger charge is -2.13. The van der Waals surface area contributed by atoms with Crippen LogP contribution in [0, 0.1) is 5.82 Å². The van der Waals surface area contributed by atoms with Crippen LogP contribution in [0.3, 0.4) is 0 Å². The second-order valence-electron chi connectivity index (χ2n) is 5.05. The summed E-state index contributed by atoms with van der Waals surface area (Å²) >= 11 is 11.7. The van der Waals surface area contributed by atoms with Crippen LogP contribution >= 0.6 is 23.2 Å². The van der Waals surface area contributed by atoms with Crippen LogP contribution in [0.15, 0.2) is 42.5 Å². The van der Waals surface area contributed by atoms with Crippen LogP contribution in [-0.4, -0.2) is 18.0 Å². The molecule has 1 atom stereocenters. The highest BCUT2D eigenvalue weighted by Crippen LogP contribution is 2.23. The molecule has 0 aromatic heterocycles. The standard InChI is InChI=1S/C17H14Cl2FNO3/c1-10(17(23)21-13-5-3-12(20)4-6-13)24-16(22)9-11-2-7-14(18)15(19)8-11/h2-8,10H,9H2,1H3,(H,21,23). The number of halogens is 3. The number of hydrogen-bond acceptors (Lipinski definition) is 3. The Hall–Kier alpha value is -2.11.